The summed E-state index contributed by atoms with van der Waals surface area (Å²) in [6.07, 6.45) is 1.28. The Hall–Kier alpha value is -1.82. The third kappa shape index (κ3) is 6.76. The zero-order valence-corrected chi connectivity index (χ0v) is 13.6. The molecule has 0 heterocycles. The summed E-state index contributed by atoms with van der Waals surface area (Å²) in [5.41, 5.74) is 1.39. The molecule has 22 heavy (non-hydrogen) atoms. The van der Waals surface area contributed by atoms with Crippen LogP contribution in [0.4, 0.5) is 0 Å². The summed E-state index contributed by atoms with van der Waals surface area (Å²) in [6, 6.07) is 4.83. The summed E-state index contributed by atoms with van der Waals surface area (Å²) in [4.78, 5) is 22.5. The minimum atomic E-state index is -0.545. The summed E-state index contributed by atoms with van der Waals surface area (Å²) in [6.45, 7) is 7.36. The molecule has 0 aliphatic rings. The minimum Gasteiger partial charge on any atom is -0.508 e. The number of phenolic OH excluding ortho intramolecular Hbond substituents is 1. The first-order valence-electron chi connectivity index (χ1n) is 7.24. The number of esters is 1. The Bertz CT molecular complexity index is 525. The molecule has 0 saturated heterocycles. The van der Waals surface area contributed by atoms with Gasteiger partial charge in [-0.05, 0) is 57.4 Å². The van der Waals surface area contributed by atoms with Crippen molar-refractivity contribution in [1.82, 2.24) is 5.23 Å². The lowest BCUT2D eigenvalue weighted by Gasteiger charge is -2.23. The standard InChI is InChI=1S/C16H23BNO4/c1-11-5-6-14(20)8-12(11)7-13(18-17-10-19)9-15(21)22-16(2,3)4/h5-6,8,10,13,18,20H,7,9H2,1-4H3/t13-/m1/s1. The number of ether oxygens (including phenoxy) is 1. The van der Waals surface area contributed by atoms with Crippen molar-refractivity contribution in [3.8, 4) is 5.75 Å². The summed E-state index contributed by atoms with van der Waals surface area (Å²) in [7, 11) is 1.27. The number of carbonyl (C=O) groups is 2. The highest BCUT2D eigenvalue weighted by Crippen LogP contribution is 2.19. The van der Waals surface area contributed by atoms with Gasteiger partial charge in [0, 0.05) is 6.04 Å². The molecule has 0 aromatic heterocycles. The molecule has 0 unspecified atom stereocenters. The molecular formula is C16H23BNO4. The molecule has 0 saturated carbocycles. The zero-order chi connectivity index (χ0) is 16.8. The van der Waals surface area contributed by atoms with E-state index in [1.165, 1.54) is 7.41 Å². The molecule has 1 aromatic rings. The van der Waals surface area contributed by atoms with Crippen molar-refractivity contribution in [3.63, 3.8) is 0 Å². The van der Waals surface area contributed by atoms with Gasteiger partial charge in [-0.25, -0.2) is 0 Å². The number of nitrogens with one attached hydrogen (secondary N) is 1. The molecule has 5 nitrogen and oxygen atoms in total. The van der Waals surface area contributed by atoms with Gasteiger partial charge in [0.25, 0.3) is 7.41 Å². The van der Waals surface area contributed by atoms with Crippen molar-refractivity contribution in [2.75, 3.05) is 0 Å². The lowest BCUT2D eigenvalue weighted by atomic mass is 9.91. The molecule has 0 spiro atoms. The maximum Gasteiger partial charge on any atom is 0.307 e. The SMILES string of the molecule is Cc1ccc(O)cc1C[C@H](CC(=O)OC(C)(C)C)N[B]C=O. The molecule has 1 aromatic carbocycles. The van der Waals surface area contributed by atoms with Crippen LogP contribution >= 0.6 is 0 Å². The first-order chi connectivity index (χ1) is 10.2. The molecule has 119 valence electrons. The molecule has 1 radical (unpaired) electrons. The Labute approximate surface area is 132 Å². The highest BCUT2D eigenvalue weighted by atomic mass is 16.6. The zero-order valence-electron chi connectivity index (χ0n) is 13.6. The second-order valence-electron chi connectivity index (χ2n) is 6.27. The topological polar surface area (TPSA) is 75.6 Å². The van der Waals surface area contributed by atoms with Gasteiger partial charge >= 0.3 is 5.97 Å². The van der Waals surface area contributed by atoms with Crippen molar-refractivity contribution in [3.05, 3.63) is 29.3 Å². The fourth-order valence-electron chi connectivity index (χ4n) is 2.09. The van der Waals surface area contributed by atoms with Gasteiger partial charge in [-0.15, -0.1) is 0 Å². The van der Waals surface area contributed by atoms with Crippen LogP contribution in [0.2, 0.25) is 0 Å². The number of benzene rings is 1. The Balaban J connectivity index is 2.77. The second kappa shape index (κ2) is 7.99. The molecule has 1 atom stereocenters. The van der Waals surface area contributed by atoms with Gasteiger partial charge < -0.3 is 19.9 Å². The Morgan fingerprint density at radius 1 is 1.45 bits per heavy atom. The van der Waals surface area contributed by atoms with Gasteiger partial charge in [0.1, 0.15) is 11.4 Å². The summed E-state index contributed by atoms with van der Waals surface area (Å²) >= 11 is 0. The highest BCUT2D eigenvalue weighted by molar-refractivity contribution is 6.64. The second-order valence-corrected chi connectivity index (χ2v) is 6.27. The smallest absolute Gasteiger partial charge is 0.307 e. The third-order valence-corrected chi connectivity index (χ3v) is 3.03. The molecule has 0 aliphatic carbocycles. The van der Waals surface area contributed by atoms with E-state index in [0.29, 0.717) is 12.6 Å². The molecule has 1 rings (SSSR count). The lowest BCUT2D eigenvalue weighted by Crippen LogP contribution is -2.38. The molecule has 0 bridgehead atoms. The van der Waals surface area contributed by atoms with Crippen LogP contribution in [-0.4, -0.2) is 36.3 Å². The third-order valence-electron chi connectivity index (χ3n) is 3.03. The quantitative estimate of drug-likeness (QED) is 0.456. The normalized spacial score (nSPS) is 12.5. The molecule has 0 amide bonds. The van der Waals surface area contributed by atoms with E-state index in [2.05, 4.69) is 5.23 Å². The summed E-state index contributed by atoms with van der Waals surface area (Å²) in [5.74, 6) is -0.155. The fraction of sp³-hybridized carbons (Fsp3) is 0.500. The molecule has 0 aliphatic heterocycles. The lowest BCUT2D eigenvalue weighted by molar-refractivity contribution is -0.155. The number of rotatable bonds is 7. The van der Waals surface area contributed by atoms with Crippen LogP contribution in [0.5, 0.6) is 5.75 Å². The number of hydrogen-bond acceptors (Lipinski definition) is 5. The minimum absolute atomic E-state index is 0.136. The van der Waals surface area contributed by atoms with E-state index in [0.717, 1.165) is 11.1 Å². The van der Waals surface area contributed by atoms with Gasteiger partial charge in [0.05, 0.1) is 12.6 Å². The van der Waals surface area contributed by atoms with Crippen LogP contribution in [0.15, 0.2) is 18.2 Å². The molecular weight excluding hydrogens is 281 g/mol. The van der Waals surface area contributed by atoms with E-state index in [9.17, 15) is 14.7 Å². The van der Waals surface area contributed by atoms with Crippen molar-refractivity contribution in [1.29, 1.82) is 0 Å². The van der Waals surface area contributed by atoms with E-state index < -0.39 is 5.60 Å². The van der Waals surface area contributed by atoms with Crippen molar-refractivity contribution in [2.24, 2.45) is 0 Å². The van der Waals surface area contributed by atoms with E-state index in [1.807, 2.05) is 33.8 Å². The fourth-order valence-corrected chi connectivity index (χ4v) is 2.09. The van der Waals surface area contributed by atoms with Crippen LogP contribution < -0.4 is 5.23 Å². The summed E-state index contributed by atoms with van der Waals surface area (Å²) < 4.78 is 5.31. The first-order valence-corrected chi connectivity index (χ1v) is 7.24. The largest absolute Gasteiger partial charge is 0.508 e. The van der Waals surface area contributed by atoms with Gasteiger partial charge in [0.15, 0.2) is 0 Å². The van der Waals surface area contributed by atoms with Gasteiger partial charge in [-0.2, -0.15) is 0 Å². The predicted octanol–water partition coefficient (Wildman–Crippen LogP) is 1.74. The van der Waals surface area contributed by atoms with Crippen LogP contribution in [0.1, 0.15) is 38.3 Å². The molecule has 2 N–H and O–H groups in total. The maximum atomic E-state index is 12.0. The monoisotopic (exact) mass is 304 g/mol. The van der Waals surface area contributed by atoms with E-state index in [4.69, 9.17) is 4.74 Å². The predicted molar refractivity (Wildman–Crippen MR) is 86.4 cm³/mol. The van der Waals surface area contributed by atoms with Crippen LogP contribution in [0.3, 0.4) is 0 Å². The van der Waals surface area contributed by atoms with Gasteiger partial charge in [-0.1, -0.05) is 6.07 Å². The maximum absolute atomic E-state index is 12.0. The van der Waals surface area contributed by atoms with E-state index >= 15 is 0 Å². The molecule has 6 heteroatoms. The van der Waals surface area contributed by atoms with Crippen LogP contribution in [0.25, 0.3) is 0 Å². The number of phenols is 1. The van der Waals surface area contributed by atoms with Gasteiger partial charge in [0.2, 0.25) is 0 Å². The van der Waals surface area contributed by atoms with Crippen molar-refractivity contribution >= 4 is 19.6 Å². The van der Waals surface area contributed by atoms with E-state index in [1.54, 1.807) is 12.1 Å². The van der Waals surface area contributed by atoms with Crippen molar-refractivity contribution < 1.29 is 19.4 Å². The molecule has 0 fully saturated rings. The van der Waals surface area contributed by atoms with E-state index in [-0.39, 0.29) is 24.2 Å². The van der Waals surface area contributed by atoms with Crippen molar-refractivity contribution in [2.45, 2.75) is 52.2 Å². The average molecular weight is 304 g/mol. The Morgan fingerprint density at radius 2 is 2.14 bits per heavy atom. The number of carbonyl (C=O) groups excluding carboxylic acids is 2. The summed E-state index contributed by atoms with van der Waals surface area (Å²) in [5, 5.41) is 12.5. The number of hydrogen-bond donors (Lipinski definition) is 2. The Kier molecular flexibility index (Phi) is 6.62. The number of aromatic hydroxyl groups is 1. The van der Waals surface area contributed by atoms with Crippen LogP contribution in [-0.2, 0) is 20.7 Å². The number of aryl methyl sites for hydroxylation is 1. The Morgan fingerprint density at radius 3 is 2.73 bits per heavy atom. The van der Waals surface area contributed by atoms with Gasteiger partial charge in [-0.3, -0.25) is 4.79 Å². The first kappa shape index (κ1) is 18.2. The van der Waals surface area contributed by atoms with Crippen LogP contribution in [0, 0.1) is 6.92 Å². The highest BCUT2D eigenvalue weighted by Gasteiger charge is 2.21. The average Bonchev–Trinajstić information content (AvgIpc) is 2.38.